The Labute approximate surface area is 108 Å². The number of hydrogen-bond donors (Lipinski definition) is 1. The van der Waals surface area contributed by atoms with E-state index in [0.717, 1.165) is 18.0 Å². The molecule has 1 unspecified atom stereocenters. The van der Waals surface area contributed by atoms with Gasteiger partial charge in [0.25, 0.3) is 0 Å². The van der Waals surface area contributed by atoms with E-state index in [9.17, 15) is 0 Å². The average Bonchev–Trinajstić information content (AvgIpc) is 2.90. The van der Waals surface area contributed by atoms with Gasteiger partial charge in [-0.25, -0.2) is 4.68 Å². The van der Waals surface area contributed by atoms with Gasteiger partial charge in [0.2, 0.25) is 0 Å². The van der Waals surface area contributed by atoms with Gasteiger partial charge in [-0.3, -0.25) is 0 Å². The summed E-state index contributed by atoms with van der Waals surface area (Å²) in [6, 6.07) is 12.2. The summed E-state index contributed by atoms with van der Waals surface area (Å²) in [6.45, 7) is 3.35. The number of benzene rings is 1. The Bertz CT molecular complexity index is 467. The second-order valence-electron chi connectivity index (χ2n) is 4.02. The molecular formula is C14H19N3O. The molecule has 0 bridgehead atoms. The van der Waals surface area contributed by atoms with Crippen LogP contribution in [0.2, 0.25) is 0 Å². The molecule has 4 heteroatoms. The lowest BCUT2D eigenvalue weighted by Gasteiger charge is -2.13. The number of nitrogens with zero attached hydrogens (tertiary/aromatic N) is 2. The maximum absolute atomic E-state index is 5.44. The lowest BCUT2D eigenvalue weighted by atomic mass is 10.2. The van der Waals surface area contributed by atoms with Gasteiger partial charge in [-0.15, -0.1) is 0 Å². The number of ether oxygens (including phenoxy) is 1. The van der Waals surface area contributed by atoms with Gasteiger partial charge in [-0.1, -0.05) is 18.2 Å². The highest BCUT2D eigenvalue weighted by Gasteiger charge is 2.12. The number of para-hydroxylation sites is 1. The number of hydrogen-bond acceptors (Lipinski definition) is 3. The summed E-state index contributed by atoms with van der Waals surface area (Å²) >= 11 is 0. The maximum Gasteiger partial charge on any atom is 0.0821 e. The van der Waals surface area contributed by atoms with Crippen molar-refractivity contribution in [2.75, 3.05) is 20.3 Å². The van der Waals surface area contributed by atoms with E-state index >= 15 is 0 Å². The highest BCUT2D eigenvalue weighted by Crippen LogP contribution is 2.13. The zero-order chi connectivity index (χ0) is 12.8. The number of likely N-dealkylation sites (N-methyl/N-ethyl adjacent to an activating group) is 1. The topological polar surface area (TPSA) is 39.1 Å². The third kappa shape index (κ3) is 2.97. The van der Waals surface area contributed by atoms with Crippen molar-refractivity contribution in [3.05, 3.63) is 48.3 Å². The third-order valence-corrected chi connectivity index (χ3v) is 2.82. The van der Waals surface area contributed by atoms with E-state index in [4.69, 9.17) is 4.74 Å². The van der Waals surface area contributed by atoms with Crippen LogP contribution in [-0.4, -0.2) is 30.0 Å². The Kier molecular flexibility index (Phi) is 4.50. The summed E-state index contributed by atoms with van der Waals surface area (Å²) in [4.78, 5) is 0. The first kappa shape index (κ1) is 12.8. The van der Waals surface area contributed by atoms with Crippen LogP contribution < -0.4 is 5.32 Å². The molecule has 0 aliphatic heterocycles. The van der Waals surface area contributed by atoms with Crippen LogP contribution in [0, 0.1) is 0 Å². The minimum Gasteiger partial charge on any atom is -0.380 e. The molecular weight excluding hydrogens is 226 g/mol. The first-order valence-electron chi connectivity index (χ1n) is 6.21. The number of rotatable bonds is 6. The van der Waals surface area contributed by atoms with Crippen LogP contribution in [0.1, 0.15) is 18.7 Å². The fraction of sp³-hybridized carbons (Fsp3) is 0.357. The van der Waals surface area contributed by atoms with E-state index in [-0.39, 0.29) is 6.04 Å². The standard InChI is InChI=1S/C14H19N3O/c1-3-18-11-14(15-2)13-9-10-17(16-13)12-7-5-4-6-8-12/h4-10,14-15H,3,11H2,1-2H3. The van der Waals surface area contributed by atoms with E-state index in [2.05, 4.69) is 10.4 Å². The largest absolute Gasteiger partial charge is 0.380 e. The van der Waals surface area contributed by atoms with Crippen molar-refractivity contribution in [1.82, 2.24) is 15.1 Å². The molecule has 0 aliphatic carbocycles. The number of nitrogens with one attached hydrogen (secondary N) is 1. The zero-order valence-corrected chi connectivity index (χ0v) is 10.8. The van der Waals surface area contributed by atoms with Gasteiger partial charge < -0.3 is 10.1 Å². The maximum atomic E-state index is 5.44. The van der Waals surface area contributed by atoms with Gasteiger partial charge in [-0.05, 0) is 32.2 Å². The fourth-order valence-electron chi connectivity index (χ4n) is 1.80. The molecule has 0 aliphatic rings. The van der Waals surface area contributed by atoms with Gasteiger partial charge in [0.15, 0.2) is 0 Å². The van der Waals surface area contributed by atoms with Crippen LogP contribution >= 0.6 is 0 Å². The highest BCUT2D eigenvalue weighted by molar-refractivity contribution is 5.30. The van der Waals surface area contributed by atoms with Crippen LogP contribution in [0.15, 0.2) is 42.6 Å². The molecule has 1 atom stereocenters. The Balaban J connectivity index is 2.14. The van der Waals surface area contributed by atoms with Gasteiger partial charge >= 0.3 is 0 Å². The molecule has 2 aromatic rings. The molecule has 0 spiro atoms. The molecule has 0 radical (unpaired) electrons. The SMILES string of the molecule is CCOCC(NC)c1ccn(-c2ccccc2)n1. The summed E-state index contributed by atoms with van der Waals surface area (Å²) in [7, 11) is 1.92. The van der Waals surface area contributed by atoms with E-state index in [1.807, 2.05) is 61.2 Å². The van der Waals surface area contributed by atoms with Crippen LogP contribution in [0.5, 0.6) is 0 Å². The Morgan fingerprint density at radius 1 is 1.28 bits per heavy atom. The fourth-order valence-corrected chi connectivity index (χ4v) is 1.80. The molecule has 4 nitrogen and oxygen atoms in total. The van der Waals surface area contributed by atoms with Crippen LogP contribution in [0.25, 0.3) is 5.69 Å². The summed E-state index contributed by atoms with van der Waals surface area (Å²) < 4.78 is 7.32. The second-order valence-corrected chi connectivity index (χ2v) is 4.02. The van der Waals surface area contributed by atoms with Crippen LogP contribution in [-0.2, 0) is 4.74 Å². The third-order valence-electron chi connectivity index (χ3n) is 2.82. The minimum absolute atomic E-state index is 0.134. The van der Waals surface area contributed by atoms with E-state index in [1.54, 1.807) is 0 Å². The van der Waals surface area contributed by atoms with E-state index in [0.29, 0.717) is 6.61 Å². The monoisotopic (exact) mass is 245 g/mol. The van der Waals surface area contributed by atoms with Crippen molar-refractivity contribution in [3.63, 3.8) is 0 Å². The Morgan fingerprint density at radius 2 is 2.06 bits per heavy atom. The summed E-state index contributed by atoms with van der Waals surface area (Å²) in [5.41, 5.74) is 2.06. The molecule has 96 valence electrons. The van der Waals surface area contributed by atoms with Crippen molar-refractivity contribution >= 4 is 0 Å². The van der Waals surface area contributed by atoms with Gasteiger partial charge in [0.05, 0.1) is 24.0 Å². The predicted octanol–water partition coefficient (Wildman–Crippen LogP) is 2.17. The highest BCUT2D eigenvalue weighted by atomic mass is 16.5. The first-order chi connectivity index (χ1) is 8.85. The lowest BCUT2D eigenvalue weighted by Crippen LogP contribution is -2.22. The number of aromatic nitrogens is 2. The summed E-state index contributed by atoms with van der Waals surface area (Å²) in [5, 5.41) is 7.80. The predicted molar refractivity (Wildman–Crippen MR) is 71.9 cm³/mol. The van der Waals surface area contributed by atoms with Crippen molar-refractivity contribution < 1.29 is 4.74 Å². The van der Waals surface area contributed by atoms with Crippen molar-refractivity contribution in [1.29, 1.82) is 0 Å². The zero-order valence-electron chi connectivity index (χ0n) is 10.8. The molecule has 1 heterocycles. The van der Waals surface area contributed by atoms with Crippen LogP contribution in [0.3, 0.4) is 0 Å². The molecule has 18 heavy (non-hydrogen) atoms. The molecule has 0 saturated heterocycles. The molecule has 1 aromatic heterocycles. The minimum atomic E-state index is 0.134. The molecule has 0 amide bonds. The van der Waals surface area contributed by atoms with Gasteiger partial charge in [0.1, 0.15) is 0 Å². The Morgan fingerprint density at radius 3 is 2.72 bits per heavy atom. The normalized spacial score (nSPS) is 12.6. The van der Waals surface area contributed by atoms with E-state index < -0.39 is 0 Å². The van der Waals surface area contributed by atoms with Gasteiger partial charge in [-0.2, -0.15) is 5.10 Å². The summed E-state index contributed by atoms with van der Waals surface area (Å²) in [6.07, 6.45) is 1.97. The van der Waals surface area contributed by atoms with E-state index in [1.165, 1.54) is 0 Å². The van der Waals surface area contributed by atoms with Crippen molar-refractivity contribution in [3.8, 4) is 5.69 Å². The smallest absolute Gasteiger partial charge is 0.0821 e. The first-order valence-corrected chi connectivity index (χ1v) is 6.21. The Hall–Kier alpha value is -1.65. The second kappa shape index (κ2) is 6.33. The lowest BCUT2D eigenvalue weighted by molar-refractivity contribution is 0.124. The van der Waals surface area contributed by atoms with Crippen molar-refractivity contribution in [2.45, 2.75) is 13.0 Å². The molecule has 1 N–H and O–H groups in total. The average molecular weight is 245 g/mol. The van der Waals surface area contributed by atoms with Crippen LogP contribution in [0.4, 0.5) is 0 Å². The quantitative estimate of drug-likeness (QED) is 0.847. The molecule has 0 fully saturated rings. The molecule has 2 rings (SSSR count). The molecule has 1 aromatic carbocycles. The molecule has 0 saturated carbocycles. The van der Waals surface area contributed by atoms with Crippen molar-refractivity contribution in [2.24, 2.45) is 0 Å². The van der Waals surface area contributed by atoms with Gasteiger partial charge in [0, 0.05) is 12.8 Å². The summed E-state index contributed by atoms with van der Waals surface area (Å²) in [5.74, 6) is 0.